The lowest BCUT2D eigenvalue weighted by Crippen LogP contribution is -2.51. The lowest BCUT2D eigenvalue weighted by atomic mass is 9.96. The molecule has 2 rings (SSSR count). The Labute approximate surface area is 97.7 Å². The normalized spacial score (nSPS) is 33.5. The van der Waals surface area contributed by atoms with Crippen LogP contribution in [-0.2, 0) is 14.5 Å². The summed E-state index contributed by atoms with van der Waals surface area (Å²) in [6, 6.07) is 0. The summed E-state index contributed by atoms with van der Waals surface area (Å²) in [6.45, 7) is 10.2. The first kappa shape index (κ1) is 12.1. The third-order valence-electron chi connectivity index (χ3n) is 3.46. The van der Waals surface area contributed by atoms with Gasteiger partial charge in [-0.3, -0.25) is 0 Å². The van der Waals surface area contributed by atoms with Gasteiger partial charge in [0.25, 0.3) is 0 Å². The zero-order chi connectivity index (χ0) is 11.8. The molecule has 0 aromatic carbocycles. The second kappa shape index (κ2) is 4.47. The summed E-state index contributed by atoms with van der Waals surface area (Å²) in [5.74, 6) is -0.0657. The molecule has 0 aromatic heterocycles. The Bertz CT molecular complexity index is 266. The van der Waals surface area contributed by atoms with Crippen LogP contribution in [0.1, 0.15) is 46.5 Å². The molecule has 1 heterocycles. The van der Waals surface area contributed by atoms with Gasteiger partial charge in [-0.25, -0.2) is 9.78 Å². The predicted molar refractivity (Wildman–Crippen MR) is 61.7 cm³/mol. The first-order chi connectivity index (χ1) is 7.54. The van der Waals surface area contributed by atoms with E-state index in [1.54, 1.807) is 0 Å². The first-order valence-electron chi connectivity index (χ1n) is 6.22. The highest BCUT2D eigenvalue weighted by Crippen LogP contribution is 2.41. The smallest absolute Gasteiger partial charge is 0.201 e. The van der Waals surface area contributed by atoms with Gasteiger partial charge in [0.05, 0.1) is 6.10 Å². The maximum Gasteiger partial charge on any atom is 0.201 e. The van der Waals surface area contributed by atoms with Gasteiger partial charge in [-0.1, -0.05) is 20.4 Å². The Morgan fingerprint density at radius 1 is 1.31 bits per heavy atom. The van der Waals surface area contributed by atoms with E-state index < -0.39 is 5.79 Å². The molecule has 3 nitrogen and oxygen atoms in total. The fourth-order valence-corrected chi connectivity index (χ4v) is 2.49. The summed E-state index contributed by atoms with van der Waals surface area (Å²) in [6.07, 6.45) is 4.13. The number of ether oxygens (including phenoxy) is 1. The van der Waals surface area contributed by atoms with Crippen molar-refractivity contribution >= 4 is 0 Å². The topological polar surface area (TPSA) is 27.7 Å². The van der Waals surface area contributed by atoms with Crippen LogP contribution in [0.3, 0.4) is 0 Å². The van der Waals surface area contributed by atoms with Crippen LogP contribution < -0.4 is 0 Å². The maximum atomic E-state index is 6.16. The molecule has 1 aliphatic carbocycles. The Balaban J connectivity index is 2.11. The fraction of sp³-hybridized carbons (Fsp3) is 0.846. The molecule has 0 amide bonds. The molecule has 2 atom stereocenters. The minimum absolute atomic E-state index is 0.0596. The molecule has 1 aliphatic heterocycles. The largest absolute Gasteiger partial charge is 0.340 e. The van der Waals surface area contributed by atoms with Gasteiger partial charge in [-0.15, -0.1) is 0 Å². The lowest BCUT2D eigenvalue weighted by Gasteiger charge is -2.43. The van der Waals surface area contributed by atoms with E-state index in [9.17, 15) is 0 Å². The van der Waals surface area contributed by atoms with E-state index in [1.807, 2.05) is 6.92 Å². The number of rotatable bonds is 2. The van der Waals surface area contributed by atoms with Crippen molar-refractivity contribution in [3.63, 3.8) is 0 Å². The van der Waals surface area contributed by atoms with Crippen LogP contribution in [0.5, 0.6) is 0 Å². The molecule has 2 fully saturated rings. The molecule has 16 heavy (non-hydrogen) atoms. The summed E-state index contributed by atoms with van der Waals surface area (Å²) in [7, 11) is 0. The van der Waals surface area contributed by atoms with Crippen LogP contribution in [0, 0.1) is 5.92 Å². The van der Waals surface area contributed by atoms with Crippen molar-refractivity contribution in [1.82, 2.24) is 0 Å². The monoisotopic (exact) mass is 226 g/mol. The number of hydrogen-bond acceptors (Lipinski definition) is 3. The average molecular weight is 226 g/mol. The van der Waals surface area contributed by atoms with E-state index in [4.69, 9.17) is 14.5 Å². The molecule has 3 heteroatoms. The van der Waals surface area contributed by atoms with Crippen molar-refractivity contribution < 1.29 is 14.5 Å². The Kier molecular flexibility index (Phi) is 3.38. The standard InChI is InChI=1S/C13H22O3/c1-9(2)11-12(10(3)4)15-16-13(14-11)7-5-6-8-13/h9,11-12H,3,5-8H2,1-2,4H3/t11-,12-/m0/s1. The Morgan fingerprint density at radius 3 is 2.44 bits per heavy atom. The molecule has 92 valence electrons. The predicted octanol–water partition coefficient (Wildman–Crippen LogP) is 3.20. The van der Waals surface area contributed by atoms with Gasteiger partial charge in [0, 0.05) is 12.8 Å². The van der Waals surface area contributed by atoms with Crippen molar-refractivity contribution in [3.8, 4) is 0 Å². The van der Waals surface area contributed by atoms with E-state index in [2.05, 4.69) is 20.4 Å². The van der Waals surface area contributed by atoms with Gasteiger partial charge >= 0.3 is 0 Å². The van der Waals surface area contributed by atoms with E-state index >= 15 is 0 Å². The molecule has 2 aliphatic rings. The van der Waals surface area contributed by atoms with Gasteiger partial charge in [-0.2, -0.15) is 0 Å². The third kappa shape index (κ3) is 2.17. The molecule has 0 aromatic rings. The van der Waals surface area contributed by atoms with E-state index in [-0.39, 0.29) is 12.2 Å². The van der Waals surface area contributed by atoms with Gasteiger partial charge in [0.15, 0.2) is 0 Å². The molecule has 1 saturated heterocycles. The summed E-state index contributed by atoms with van der Waals surface area (Å²) in [5, 5.41) is 0. The van der Waals surface area contributed by atoms with Gasteiger partial charge in [-0.05, 0) is 31.3 Å². The second-order valence-corrected chi connectivity index (χ2v) is 5.39. The van der Waals surface area contributed by atoms with Gasteiger partial charge in [0.1, 0.15) is 6.10 Å². The highest BCUT2D eigenvalue weighted by Gasteiger charge is 2.47. The first-order valence-corrected chi connectivity index (χ1v) is 6.22. The zero-order valence-electron chi connectivity index (χ0n) is 10.5. The van der Waals surface area contributed by atoms with Crippen LogP contribution in [0.2, 0.25) is 0 Å². The highest BCUT2D eigenvalue weighted by atomic mass is 17.2. The molecule has 0 bridgehead atoms. The summed E-state index contributed by atoms with van der Waals surface area (Å²) >= 11 is 0. The van der Waals surface area contributed by atoms with Gasteiger partial charge in [0.2, 0.25) is 5.79 Å². The van der Waals surface area contributed by atoms with E-state index in [1.165, 1.54) is 0 Å². The molecule has 0 N–H and O–H groups in total. The van der Waals surface area contributed by atoms with E-state index in [0.717, 1.165) is 31.3 Å². The molecule has 1 saturated carbocycles. The van der Waals surface area contributed by atoms with Crippen LogP contribution in [-0.4, -0.2) is 18.0 Å². The molecule has 0 unspecified atom stereocenters. The quantitative estimate of drug-likeness (QED) is 0.534. The van der Waals surface area contributed by atoms with Crippen LogP contribution >= 0.6 is 0 Å². The molecule has 0 radical (unpaired) electrons. The summed E-state index contributed by atoms with van der Waals surface area (Å²) < 4.78 is 6.16. The lowest BCUT2D eigenvalue weighted by molar-refractivity contribution is -0.498. The van der Waals surface area contributed by atoms with Crippen molar-refractivity contribution in [2.75, 3.05) is 0 Å². The summed E-state index contributed by atoms with van der Waals surface area (Å²) in [5.41, 5.74) is 0.964. The maximum absolute atomic E-state index is 6.16. The highest BCUT2D eigenvalue weighted by molar-refractivity contribution is 5.03. The average Bonchev–Trinajstić information content (AvgIpc) is 2.66. The molecular formula is C13H22O3. The Hall–Kier alpha value is -0.380. The van der Waals surface area contributed by atoms with Crippen molar-refractivity contribution in [1.29, 1.82) is 0 Å². The fourth-order valence-electron chi connectivity index (χ4n) is 2.49. The Morgan fingerprint density at radius 2 is 1.94 bits per heavy atom. The second-order valence-electron chi connectivity index (χ2n) is 5.39. The third-order valence-corrected chi connectivity index (χ3v) is 3.46. The van der Waals surface area contributed by atoms with Crippen molar-refractivity contribution in [2.24, 2.45) is 5.92 Å². The van der Waals surface area contributed by atoms with Gasteiger partial charge < -0.3 is 4.74 Å². The van der Waals surface area contributed by atoms with Crippen LogP contribution in [0.4, 0.5) is 0 Å². The minimum Gasteiger partial charge on any atom is -0.340 e. The van der Waals surface area contributed by atoms with Crippen LogP contribution in [0.15, 0.2) is 12.2 Å². The molecule has 1 spiro atoms. The van der Waals surface area contributed by atoms with Crippen molar-refractivity contribution in [2.45, 2.75) is 64.4 Å². The van der Waals surface area contributed by atoms with Crippen molar-refractivity contribution in [3.05, 3.63) is 12.2 Å². The SMILES string of the molecule is C=C(C)[C@@H]1OOC2(CCCC2)O[C@H]1C(C)C. The van der Waals surface area contributed by atoms with E-state index in [0.29, 0.717) is 5.92 Å². The molecular weight excluding hydrogens is 204 g/mol. The number of hydrogen-bond donors (Lipinski definition) is 0. The minimum atomic E-state index is -0.471. The summed E-state index contributed by atoms with van der Waals surface area (Å²) in [4.78, 5) is 11.0. The van der Waals surface area contributed by atoms with Crippen LogP contribution in [0.25, 0.3) is 0 Å². The zero-order valence-corrected chi connectivity index (χ0v) is 10.5.